The van der Waals surface area contributed by atoms with Gasteiger partial charge in [0.25, 0.3) is 0 Å². The number of carbonyl (C=O) groups is 3. The number of amides is 2. The fourth-order valence-electron chi connectivity index (χ4n) is 3.30. The molecule has 2 aromatic rings. The van der Waals surface area contributed by atoms with Gasteiger partial charge in [-0.05, 0) is 35.5 Å². The van der Waals surface area contributed by atoms with Crippen molar-refractivity contribution in [3.05, 3.63) is 76.8 Å². The first-order valence-electron chi connectivity index (χ1n) is 10.5. The van der Waals surface area contributed by atoms with Gasteiger partial charge >= 0.3 is 5.97 Å². The number of hydrogen-bond acceptors (Lipinski definition) is 5. The first-order chi connectivity index (χ1) is 15.9. The van der Waals surface area contributed by atoms with Crippen molar-refractivity contribution in [3.63, 3.8) is 0 Å². The van der Waals surface area contributed by atoms with Crippen LogP contribution < -0.4 is 10.6 Å². The van der Waals surface area contributed by atoms with Gasteiger partial charge in [-0.2, -0.15) is 0 Å². The second-order valence-corrected chi connectivity index (χ2v) is 8.10. The van der Waals surface area contributed by atoms with E-state index in [1.54, 1.807) is 24.3 Å². The lowest BCUT2D eigenvalue weighted by molar-refractivity contribution is -0.147. The Balaban J connectivity index is 1.54. The Labute approximate surface area is 202 Å². The molecule has 33 heavy (non-hydrogen) atoms. The van der Waals surface area contributed by atoms with Crippen LogP contribution in [-0.4, -0.2) is 53.5 Å². The van der Waals surface area contributed by atoms with Crippen LogP contribution in [0.5, 0.6) is 0 Å². The lowest BCUT2D eigenvalue weighted by Gasteiger charge is -2.36. The van der Waals surface area contributed by atoms with E-state index in [2.05, 4.69) is 10.6 Å². The van der Waals surface area contributed by atoms with Gasteiger partial charge in [0.15, 0.2) is 5.11 Å². The largest absolute Gasteiger partial charge is 0.465 e. The maximum Gasteiger partial charge on any atom is 0.308 e. The lowest BCUT2D eigenvalue weighted by atomic mass is 10.1. The fourth-order valence-corrected chi connectivity index (χ4v) is 3.82. The van der Waals surface area contributed by atoms with Crippen LogP contribution in [0.3, 0.4) is 0 Å². The number of nitrogens with one attached hydrogen (secondary N) is 2. The Morgan fingerprint density at radius 1 is 1.18 bits per heavy atom. The molecule has 7 nitrogen and oxygen atoms in total. The van der Waals surface area contributed by atoms with E-state index in [0.29, 0.717) is 30.1 Å². The number of benzene rings is 2. The molecule has 0 radical (unpaired) electrons. The smallest absolute Gasteiger partial charge is 0.308 e. The monoisotopic (exact) mass is 485 g/mol. The molecule has 0 bridgehead atoms. The number of thiocarbonyl (C=S) groups is 1. The Hall–Kier alpha value is -3.23. The zero-order chi connectivity index (χ0) is 23.6. The zero-order valence-corrected chi connectivity index (χ0v) is 19.4. The molecular weight excluding hydrogens is 462 g/mol. The third kappa shape index (κ3) is 7.40. The van der Waals surface area contributed by atoms with E-state index in [4.69, 9.17) is 28.6 Å². The van der Waals surface area contributed by atoms with Gasteiger partial charge < -0.3 is 15.0 Å². The number of nitrogens with zero attached hydrogens (tertiary/aromatic N) is 1. The van der Waals surface area contributed by atoms with Gasteiger partial charge in [-0.25, -0.2) is 0 Å². The topological polar surface area (TPSA) is 87.7 Å². The molecule has 3 rings (SSSR count). The molecule has 1 unspecified atom stereocenters. The first-order valence-corrected chi connectivity index (χ1v) is 11.2. The van der Waals surface area contributed by atoms with Crippen molar-refractivity contribution in [2.24, 2.45) is 0 Å². The molecule has 0 spiro atoms. The number of halogens is 1. The number of esters is 1. The van der Waals surface area contributed by atoms with Crippen molar-refractivity contribution in [3.8, 4) is 0 Å². The molecule has 1 aliphatic rings. The quantitative estimate of drug-likeness (QED) is 0.356. The summed E-state index contributed by atoms with van der Waals surface area (Å²) >= 11 is 11.4. The summed E-state index contributed by atoms with van der Waals surface area (Å²) in [6, 6.07) is 15.9. The van der Waals surface area contributed by atoms with Crippen LogP contribution in [0.4, 0.5) is 0 Å². The normalized spacial score (nSPS) is 15.7. The molecule has 2 aromatic carbocycles. The molecule has 0 aliphatic carbocycles. The number of ether oxygens (including phenoxy) is 1. The maximum absolute atomic E-state index is 12.4. The Morgan fingerprint density at radius 2 is 1.91 bits per heavy atom. The molecule has 0 aromatic heterocycles. The molecule has 2 N–H and O–H groups in total. The average molecular weight is 486 g/mol. The minimum atomic E-state index is -0.858. The maximum atomic E-state index is 12.4. The molecule has 1 heterocycles. The van der Waals surface area contributed by atoms with Gasteiger partial charge in [-0.3, -0.25) is 19.7 Å². The van der Waals surface area contributed by atoms with E-state index in [1.165, 1.54) is 11.0 Å². The molecule has 1 fully saturated rings. The predicted molar refractivity (Wildman–Crippen MR) is 130 cm³/mol. The van der Waals surface area contributed by atoms with Crippen molar-refractivity contribution in [2.45, 2.75) is 18.9 Å². The molecule has 9 heteroatoms. The highest BCUT2D eigenvalue weighted by Gasteiger charge is 2.34. The van der Waals surface area contributed by atoms with Crippen LogP contribution in [0.25, 0.3) is 6.08 Å². The standard InChI is InChI=1S/C24H24ClN3O4S/c25-19-9-5-4-8-18(19)10-11-21(29)27-24(33)28-14-13-26-23(31)20(28)16-22(30)32-15-12-17-6-2-1-3-7-17/h1-11,20H,12-16H2,(H,26,31)(H,27,29,33)/b11-10+. The first kappa shape index (κ1) is 24.4. The summed E-state index contributed by atoms with van der Waals surface area (Å²) in [4.78, 5) is 38.6. The molecule has 1 saturated heterocycles. The summed E-state index contributed by atoms with van der Waals surface area (Å²) in [6.45, 7) is 0.927. The van der Waals surface area contributed by atoms with Gasteiger partial charge in [-0.15, -0.1) is 0 Å². The summed E-state index contributed by atoms with van der Waals surface area (Å²) < 4.78 is 5.31. The summed E-state index contributed by atoms with van der Waals surface area (Å²) in [7, 11) is 0. The van der Waals surface area contributed by atoms with Crippen molar-refractivity contribution in [1.29, 1.82) is 0 Å². The second kappa shape index (κ2) is 12.1. The molecule has 1 aliphatic heterocycles. The molecule has 172 valence electrons. The number of piperazine rings is 1. The number of rotatable bonds is 7. The van der Waals surface area contributed by atoms with Crippen molar-refractivity contribution >= 4 is 52.8 Å². The van der Waals surface area contributed by atoms with E-state index in [9.17, 15) is 14.4 Å². The fraction of sp³-hybridized carbons (Fsp3) is 0.250. The van der Waals surface area contributed by atoms with Gasteiger partial charge in [0.2, 0.25) is 11.8 Å². The zero-order valence-electron chi connectivity index (χ0n) is 17.8. The molecular formula is C24H24ClN3O4S. The third-order valence-electron chi connectivity index (χ3n) is 5.00. The summed E-state index contributed by atoms with van der Waals surface area (Å²) in [5.74, 6) is -1.31. The van der Waals surface area contributed by atoms with E-state index in [-0.39, 0.29) is 24.0 Å². The van der Waals surface area contributed by atoms with E-state index in [1.807, 2.05) is 36.4 Å². The van der Waals surface area contributed by atoms with Crippen molar-refractivity contribution < 1.29 is 19.1 Å². The number of carbonyl (C=O) groups excluding carboxylic acids is 3. The molecule has 1 atom stereocenters. The summed E-state index contributed by atoms with van der Waals surface area (Å²) in [5, 5.41) is 5.89. The van der Waals surface area contributed by atoms with Crippen LogP contribution >= 0.6 is 23.8 Å². The predicted octanol–water partition coefficient (Wildman–Crippen LogP) is 2.73. The highest BCUT2D eigenvalue weighted by Crippen LogP contribution is 2.16. The second-order valence-electron chi connectivity index (χ2n) is 7.31. The lowest BCUT2D eigenvalue weighted by Crippen LogP contribution is -2.60. The average Bonchev–Trinajstić information content (AvgIpc) is 2.80. The van der Waals surface area contributed by atoms with Gasteiger partial charge in [0.1, 0.15) is 6.04 Å². The third-order valence-corrected chi connectivity index (χ3v) is 5.68. The minimum Gasteiger partial charge on any atom is -0.465 e. The minimum absolute atomic E-state index is 0.0701. The summed E-state index contributed by atoms with van der Waals surface area (Å²) in [5.41, 5.74) is 1.74. The van der Waals surface area contributed by atoms with Crippen LogP contribution in [0, 0.1) is 0 Å². The van der Waals surface area contributed by atoms with Crippen LogP contribution in [0.2, 0.25) is 5.02 Å². The van der Waals surface area contributed by atoms with Crippen molar-refractivity contribution in [1.82, 2.24) is 15.5 Å². The van der Waals surface area contributed by atoms with Crippen LogP contribution in [0.1, 0.15) is 17.5 Å². The molecule has 0 saturated carbocycles. The van der Waals surface area contributed by atoms with E-state index < -0.39 is 17.9 Å². The number of hydrogen-bond donors (Lipinski definition) is 2. The van der Waals surface area contributed by atoms with Crippen LogP contribution in [-0.2, 0) is 25.5 Å². The Kier molecular flexibility index (Phi) is 8.97. The SMILES string of the molecule is O=C(/C=C/c1ccccc1Cl)NC(=S)N1CCNC(=O)C1CC(=O)OCCc1ccccc1. The van der Waals surface area contributed by atoms with E-state index >= 15 is 0 Å². The van der Waals surface area contributed by atoms with E-state index in [0.717, 1.165) is 5.56 Å². The van der Waals surface area contributed by atoms with Gasteiger partial charge in [0.05, 0.1) is 13.0 Å². The summed E-state index contributed by atoms with van der Waals surface area (Å²) in [6.07, 6.45) is 3.29. The Morgan fingerprint density at radius 3 is 2.67 bits per heavy atom. The Bertz CT molecular complexity index is 1050. The molecule has 2 amide bonds. The highest BCUT2D eigenvalue weighted by molar-refractivity contribution is 7.80. The van der Waals surface area contributed by atoms with Crippen LogP contribution in [0.15, 0.2) is 60.7 Å². The van der Waals surface area contributed by atoms with Gasteiger partial charge in [-0.1, -0.05) is 60.1 Å². The highest BCUT2D eigenvalue weighted by atomic mass is 35.5. The van der Waals surface area contributed by atoms with Gasteiger partial charge in [0, 0.05) is 30.6 Å². The van der Waals surface area contributed by atoms with Crippen molar-refractivity contribution in [2.75, 3.05) is 19.7 Å².